The number of unbranched alkanes of at least 4 members (excludes halogenated alkanes) is 1. The predicted molar refractivity (Wildman–Crippen MR) is 129 cm³/mol. The monoisotopic (exact) mass is 444 g/mol. The minimum Gasteiger partial charge on any atom is -0.484 e. The number of nitrogens with two attached hydrogens (primary N) is 1. The van der Waals surface area contributed by atoms with E-state index >= 15 is 0 Å². The Hall–Kier alpha value is -3.03. The number of aromatic amines is 1. The van der Waals surface area contributed by atoms with E-state index < -0.39 is 17.2 Å². The van der Waals surface area contributed by atoms with Crippen LogP contribution in [0.25, 0.3) is 0 Å². The van der Waals surface area contributed by atoms with Crippen LogP contribution < -0.4 is 26.6 Å². The van der Waals surface area contributed by atoms with Gasteiger partial charge < -0.3 is 15.4 Å². The van der Waals surface area contributed by atoms with E-state index in [-0.39, 0.29) is 30.6 Å². The number of nitrogen functional groups attached to an aromatic ring is 1. The van der Waals surface area contributed by atoms with Gasteiger partial charge in [0.1, 0.15) is 11.6 Å². The Morgan fingerprint density at radius 3 is 2.47 bits per heavy atom. The maximum absolute atomic E-state index is 13.1. The molecule has 0 fully saturated rings. The van der Waals surface area contributed by atoms with Gasteiger partial charge in [-0.3, -0.25) is 19.1 Å². The smallest absolute Gasteiger partial charge is 0.330 e. The second-order valence-electron chi connectivity index (χ2n) is 8.86. The molecule has 2 rings (SSSR count). The molecule has 0 atom stereocenters. The lowest BCUT2D eigenvalue weighted by Crippen LogP contribution is -2.44. The molecule has 0 aliphatic rings. The number of anilines is 2. The van der Waals surface area contributed by atoms with Crippen molar-refractivity contribution in [1.29, 1.82) is 0 Å². The molecule has 8 heteroatoms. The summed E-state index contributed by atoms with van der Waals surface area (Å²) >= 11 is 0. The van der Waals surface area contributed by atoms with Crippen molar-refractivity contribution in [2.24, 2.45) is 5.92 Å². The fourth-order valence-electron chi connectivity index (χ4n) is 3.67. The van der Waals surface area contributed by atoms with Gasteiger partial charge in [0, 0.05) is 13.1 Å². The van der Waals surface area contributed by atoms with Gasteiger partial charge in [-0.2, -0.15) is 0 Å². The Balaban J connectivity index is 2.34. The van der Waals surface area contributed by atoms with Crippen LogP contribution in [0.15, 0.2) is 27.8 Å². The minimum atomic E-state index is -0.675. The molecule has 1 aromatic heterocycles. The Bertz CT molecular complexity index is 1050. The van der Waals surface area contributed by atoms with Crippen molar-refractivity contribution in [2.45, 2.75) is 66.8 Å². The zero-order valence-electron chi connectivity index (χ0n) is 20.0. The molecular weight excluding hydrogens is 408 g/mol. The molecular formula is C24H36N4O4. The third-order valence-corrected chi connectivity index (χ3v) is 5.29. The van der Waals surface area contributed by atoms with Gasteiger partial charge in [0.25, 0.3) is 11.5 Å². The molecule has 0 unspecified atom stereocenters. The first-order valence-corrected chi connectivity index (χ1v) is 11.2. The lowest BCUT2D eigenvalue weighted by molar-refractivity contribution is -0.120. The molecule has 2 aromatic rings. The standard InChI is InChI=1S/C24H36N4O4/c1-7-8-11-27-22(25)21(23(30)26-24(27)31)28(13-15(2)3)20(29)14-32-18-9-10-19(16(4)5)17(6)12-18/h9-10,12,15-16H,7-8,11,13-14,25H2,1-6H3,(H,26,30,31). The number of rotatable bonds is 10. The summed E-state index contributed by atoms with van der Waals surface area (Å²) in [5.41, 5.74) is 7.28. The number of benzene rings is 1. The molecule has 0 saturated carbocycles. The van der Waals surface area contributed by atoms with Gasteiger partial charge >= 0.3 is 5.69 Å². The lowest BCUT2D eigenvalue weighted by atomic mass is 9.98. The summed E-state index contributed by atoms with van der Waals surface area (Å²) in [5, 5.41) is 0. The number of nitrogens with one attached hydrogen (secondary N) is 1. The predicted octanol–water partition coefficient (Wildman–Crippen LogP) is 3.42. The number of hydrogen-bond acceptors (Lipinski definition) is 5. The molecule has 0 radical (unpaired) electrons. The third-order valence-electron chi connectivity index (χ3n) is 5.29. The maximum atomic E-state index is 13.1. The number of ether oxygens (including phenoxy) is 1. The zero-order valence-corrected chi connectivity index (χ0v) is 20.0. The van der Waals surface area contributed by atoms with E-state index in [0.29, 0.717) is 18.2 Å². The van der Waals surface area contributed by atoms with Crippen LogP contribution in [0, 0.1) is 12.8 Å². The highest BCUT2D eigenvalue weighted by atomic mass is 16.5. The number of nitrogens with zero attached hydrogens (tertiary/aromatic N) is 2. The van der Waals surface area contributed by atoms with Gasteiger partial charge in [0.2, 0.25) is 0 Å². The van der Waals surface area contributed by atoms with Gasteiger partial charge in [0.15, 0.2) is 12.3 Å². The Morgan fingerprint density at radius 2 is 1.91 bits per heavy atom. The van der Waals surface area contributed by atoms with E-state index in [2.05, 4.69) is 18.8 Å². The van der Waals surface area contributed by atoms with E-state index in [1.54, 1.807) is 0 Å². The number of aromatic nitrogens is 2. The van der Waals surface area contributed by atoms with Crippen LogP contribution in [0.4, 0.5) is 11.5 Å². The Kier molecular flexibility index (Phi) is 8.69. The number of carbonyl (C=O) groups is 1. The zero-order chi connectivity index (χ0) is 24.0. The average molecular weight is 445 g/mol. The van der Waals surface area contributed by atoms with Crippen molar-refractivity contribution < 1.29 is 9.53 Å². The second-order valence-corrected chi connectivity index (χ2v) is 8.86. The van der Waals surface area contributed by atoms with Crippen molar-refractivity contribution in [3.05, 3.63) is 50.2 Å². The van der Waals surface area contributed by atoms with Crippen LogP contribution in [-0.2, 0) is 11.3 Å². The van der Waals surface area contributed by atoms with E-state index in [1.807, 2.05) is 45.9 Å². The molecule has 1 heterocycles. The van der Waals surface area contributed by atoms with Gasteiger partial charge in [-0.05, 0) is 48.4 Å². The summed E-state index contributed by atoms with van der Waals surface area (Å²) in [6.07, 6.45) is 1.58. The molecule has 32 heavy (non-hydrogen) atoms. The summed E-state index contributed by atoms with van der Waals surface area (Å²) in [6.45, 7) is 12.5. The largest absolute Gasteiger partial charge is 0.484 e. The molecule has 8 nitrogen and oxygen atoms in total. The summed E-state index contributed by atoms with van der Waals surface area (Å²) in [4.78, 5) is 41.7. The van der Waals surface area contributed by atoms with Gasteiger partial charge in [-0.15, -0.1) is 0 Å². The average Bonchev–Trinajstić information content (AvgIpc) is 2.70. The van der Waals surface area contributed by atoms with Crippen LogP contribution >= 0.6 is 0 Å². The van der Waals surface area contributed by atoms with E-state index in [4.69, 9.17) is 10.5 Å². The van der Waals surface area contributed by atoms with E-state index in [1.165, 1.54) is 15.0 Å². The molecule has 0 aliphatic heterocycles. The van der Waals surface area contributed by atoms with E-state index in [9.17, 15) is 14.4 Å². The molecule has 0 aliphatic carbocycles. The highest BCUT2D eigenvalue weighted by Crippen LogP contribution is 2.24. The summed E-state index contributed by atoms with van der Waals surface area (Å²) < 4.78 is 7.07. The highest BCUT2D eigenvalue weighted by Gasteiger charge is 2.25. The normalized spacial score (nSPS) is 11.2. The Morgan fingerprint density at radius 1 is 1.22 bits per heavy atom. The highest BCUT2D eigenvalue weighted by molar-refractivity contribution is 5.96. The van der Waals surface area contributed by atoms with Crippen molar-refractivity contribution in [1.82, 2.24) is 9.55 Å². The first kappa shape index (κ1) is 25.2. The number of amides is 1. The number of H-pyrrole nitrogens is 1. The molecule has 1 amide bonds. The first-order chi connectivity index (χ1) is 15.1. The topological polar surface area (TPSA) is 110 Å². The van der Waals surface area contributed by atoms with Crippen LogP contribution in [0.5, 0.6) is 5.75 Å². The van der Waals surface area contributed by atoms with Crippen LogP contribution in [0.3, 0.4) is 0 Å². The summed E-state index contributed by atoms with van der Waals surface area (Å²) in [7, 11) is 0. The number of hydrogen-bond donors (Lipinski definition) is 2. The third kappa shape index (κ3) is 6.02. The SMILES string of the molecule is CCCCn1c(N)c(N(CC(C)C)C(=O)COc2ccc(C(C)C)c(C)c2)c(=O)[nH]c1=O. The fraction of sp³-hybridized carbons (Fsp3) is 0.542. The number of carbonyl (C=O) groups excluding carboxylic acids is 1. The first-order valence-electron chi connectivity index (χ1n) is 11.2. The van der Waals surface area contributed by atoms with Crippen LogP contribution in [0.1, 0.15) is 64.5 Å². The molecule has 0 spiro atoms. The van der Waals surface area contributed by atoms with Crippen LogP contribution in [0.2, 0.25) is 0 Å². The van der Waals surface area contributed by atoms with Gasteiger partial charge in [-0.1, -0.05) is 47.1 Å². The molecule has 176 valence electrons. The fourth-order valence-corrected chi connectivity index (χ4v) is 3.67. The van der Waals surface area contributed by atoms with Crippen LogP contribution in [-0.4, -0.2) is 28.6 Å². The van der Waals surface area contributed by atoms with Gasteiger partial charge in [0.05, 0.1) is 0 Å². The quantitative estimate of drug-likeness (QED) is 0.583. The van der Waals surface area contributed by atoms with E-state index in [0.717, 1.165) is 18.4 Å². The second kappa shape index (κ2) is 11.0. The van der Waals surface area contributed by atoms with Crippen molar-refractivity contribution >= 4 is 17.4 Å². The maximum Gasteiger partial charge on any atom is 0.330 e. The summed E-state index contributed by atoms with van der Waals surface area (Å²) in [5.74, 6) is 0.645. The number of aryl methyl sites for hydroxylation is 1. The van der Waals surface area contributed by atoms with Crippen molar-refractivity contribution in [2.75, 3.05) is 23.8 Å². The molecule has 0 saturated heterocycles. The molecule has 0 bridgehead atoms. The Labute approximate surface area is 189 Å². The molecule has 1 aromatic carbocycles. The van der Waals surface area contributed by atoms with Crippen molar-refractivity contribution in [3.63, 3.8) is 0 Å². The van der Waals surface area contributed by atoms with Crippen molar-refractivity contribution in [3.8, 4) is 5.75 Å². The van der Waals surface area contributed by atoms with Gasteiger partial charge in [-0.25, -0.2) is 4.79 Å². The lowest BCUT2D eigenvalue weighted by Gasteiger charge is -2.26. The summed E-state index contributed by atoms with van der Waals surface area (Å²) in [6, 6.07) is 5.74. The molecule has 3 N–H and O–H groups in total. The minimum absolute atomic E-state index is 0.00155.